The molecule has 0 bridgehead atoms. The topological polar surface area (TPSA) is 12.0 Å². The zero-order valence-corrected chi connectivity index (χ0v) is 11.8. The molecule has 17 heavy (non-hydrogen) atoms. The minimum Gasteiger partial charge on any atom is -0.309 e. The minimum absolute atomic E-state index is 0.544. The van der Waals surface area contributed by atoms with E-state index in [0.717, 1.165) is 0 Å². The number of hydrogen-bond donors (Lipinski definition) is 1. The molecule has 1 aromatic heterocycles. The predicted molar refractivity (Wildman–Crippen MR) is 74.7 cm³/mol. The minimum atomic E-state index is 0.544. The maximum Gasteiger partial charge on any atom is 0.0386 e. The second kappa shape index (κ2) is 4.40. The van der Waals surface area contributed by atoms with Gasteiger partial charge in [-0.2, -0.15) is 0 Å². The van der Waals surface area contributed by atoms with Gasteiger partial charge < -0.3 is 5.32 Å². The van der Waals surface area contributed by atoms with Gasteiger partial charge in [-0.25, -0.2) is 0 Å². The Hall–Kier alpha value is -0.340. The zero-order chi connectivity index (χ0) is 11.9. The first kappa shape index (κ1) is 11.7. The van der Waals surface area contributed by atoms with Crippen LogP contribution >= 0.6 is 11.3 Å². The lowest BCUT2D eigenvalue weighted by Crippen LogP contribution is -2.24. The number of fused-ring (bicyclic) bond motifs is 1. The quantitative estimate of drug-likeness (QED) is 0.848. The molecule has 2 heteroatoms. The van der Waals surface area contributed by atoms with Crippen LogP contribution in [0.2, 0.25) is 0 Å². The van der Waals surface area contributed by atoms with Gasteiger partial charge >= 0.3 is 0 Å². The molecule has 0 radical (unpaired) electrons. The van der Waals surface area contributed by atoms with E-state index in [-0.39, 0.29) is 0 Å². The molecule has 1 saturated carbocycles. The Morgan fingerprint density at radius 1 is 1.35 bits per heavy atom. The fraction of sp³-hybridized carbons (Fsp3) is 0.733. The third-order valence-electron chi connectivity index (χ3n) is 4.38. The van der Waals surface area contributed by atoms with Crippen molar-refractivity contribution in [2.24, 2.45) is 5.41 Å². The predicted octanol–water partition coefficient (Wildman–Crippen LogP) is 4.08. The van der Waals surface area contributed by atoms with Crippen LogP contribution in [0.4, 0.5) is 0 Å². The lowest BCUT2D eigenvalue weighted by Gasteiger charge is -2.15. The van der Waals surface area contributed by atoms with E-state index in [4.69, 9.17) is 0 Å². The lowest BCUT2D eigenvalue weighted by atomic mass is 9.99. The average molecular weight is 249 g/mol. The molecular formula is C15H23NS. The zero-order valence-electron chi connectivity index (χ0n) is 11.0. The summed E-state index contributed by atoms with van der Waals surface area (Å²) in [6, 6.07) is 3.01. The Morgan fingerprint density at radius 3 is 2.82 bits per heavy atom. The normalized spacial score (nSPS) is 23.2. The maximum absolute atomic E-state index is 3.72. The molecule has 1 nitrogen and oxygen atoms in total. The summed E-state index contributed by atoms with van der Waals surface area (Å²) < 4.78 is 0. The van der Waals surface area contributed by atoms with Gasteiger partial charge in [-0.3, -0.25) is 0 Å². The summed E-state index contributed by atoms with van der Waals surface area (Å²) in [7, 11) is 0. The smallest absolute Gasteiger partial charge is 0.0386 e. The van der Waals surface area contributed by atoms with Gasteiger partial charge in [0.25, 0.3) is 0 Å². The van der Waals surface area contributed by atoms with E-state index in [1.54, 1.807) is 15.3 Å². The molecule has 1 fully saturated rings. The highest BCUT2D eigenvalue weighted by Gasteiger charge is 2.37. The molecule has 1 aromatic rings. The molecule has 2 aliphatic carbocycles. The van der Waals surface area contributed by atoms with Crippen molar-refractivity contribution in [2.75, 3.05) is 6.54 Å². The number of hydrogen-bond acceptors (Lipinski definition) is 2. The summed E-state index contributed by atoms with van der Waals surface area (Å²) in [6.45, 7) is 5.91. The molecule has 0 spiro atoms. The van der Waals surface area contributed by atoms with Crippen molar-refractivity contribution in [2.45, 2.75) is 58.4 Å². The van der Waals surface area contributed by atoms with Gasteiger partial charge in [-0.1, -0.05) is 6.92 Å². The fourth-order valence-corrected chi connectivity index (χ4v) is 3.90. The highest BCUT2D eigenvalue weighted by atomic mass is 32.1. The summed E-state index contributed by atoms with van der Waals surface area (Å²) in [4.78, 5) is 3.22. The van der Waals surface area contributed by atoms with Crippen molar-refractivity contribution in [1.82, 2.24) is 5.32 Å². The summed E-state index contributed by atoms with van der Waals surface area (Å²) in [5, 5.41) is 3.72. The maximum atomic E-state index is 3.72. The molecule has 1 unspecified atom stereocenters. The first-order valence-electron chi connectivity index (χ1n) is 7.01. The van der Waals surface area contributed by atoms with E-state index in [1.165, 1.54) is 45.1 Å². The first-order chi connectivity index (χ1) is 8.16. The van der Waals surface area contributed by atoms with Crippen molar-refractivity contribution in [3.05, 3.63) is 21.4 Å². The number of nitrogens with one attached hydrogen (secondary N) is 1. The Bertz CT molecular complexity index is 380. The number of thiophene rings is 1. The highest BCUT2D eigenvalue weighted by Crippen LogP contribution is 2.44. The monoisotopic (exact) mass is 249 g/mol. The highest BCUT2D eigenvalue weighted by molar-refractivity contribution is 7.12. The molecule has 1 heterocycles. The molecule has 0 aliphatic heterocycles. The molecular weight excluding hydrogens is 226 g/mol. The molecule has 0 amide bonds. The average Bonchev–Trinajstić information content (AvgIpc) is 2.92. The molecule has 1 atom stereocenters. The third kappa shape index (κ3) is 2.58. The SMILES string of the molecule is CC(NCC1(C)CC1)c1cc2c(s1)CCCC2. The Balaban J connectivity index is 1.64. The van der Waals surface area contributed by atoms with Crippen molar-refractivity contribution < 1.29 is 0 Å². The first-order valence-corrected chi connectivity index (χ1v) is 7.83. The summed E-state index contributed by atoms with van der Waals surface area (Å²) in [5.74, 6) is 0. The standard InChI is InChI=1S/C15H23NS/c1-11(16-10-15(2)7-8-15)14-9-12-5-3-4-6-13(12)17-14/h9,11,16H,3-8,10H2,1-2H3. The second-order valence-electron chi connectivity index (χ2n) is 6.22. The molecule has 2 aliphatic rings. The van der Waals surface area contributed by atoms with Crippen molar-refractivity contribution >= 4 is 11.3 Å². The van der Waals surface area contributed by atoms with Crippen LogP contribution in [0.1, 0.15) is 60.9 Å². The van der Waals surface area contributed by atoms with Gasteiger partial charge in [-0.15, -0.1) is 11.3 Å². The van der Waals surface area contributed by atoms with Crippen LogP contribution < -0.4 is 5.32 Å². The van der Waals surface area contributed by atoms with E-state index < -0.39 is 0 Å². The van der Waals surface area contributed by atoms with Crippen molar-refractivity contribution in [1.29, 1.82) is 0 Å². The number of aryl methyl sites for hydroxylation is 2. The van der Waals surface area contributed by atoms with Crippen LogP contribution in [0.5, 0.6) is 0 Å². The van der Waals surface area contributed by atoms with Crippen LogP contribution in [0.25, 0.3) is 0 Å². The number of rotatable bonds is 4. The molecule has 0 saturated heterocycles. The van der Waals surface area contributed by atoms with E-state index in [1.807, 2.05) is 0 Å². The van der Waals surface area contributed by atoms with Gasteiger partial charge in [0, 0.05) is 22.3 Å². The van der Waals surface area contributed by atoms with E-state index in [2.05, 4.69) is 36.6 Å². The molecule has 94 valence electrons. The third-order valence-corrected chi connectivity index (χ3v) is 5.80. The summed E-state index contributed by atoms with van der Waals surface area (Å²) >= 11 is 2.05. The Kier molecular flexibility index (Phi) is 3.04. The van der Waals surface area contributed by atoms with Crippen molar-refractivity contribution in [3.8, 4) is 0 Å². The second-order valence-corrected chi connectivity index (χ2v) is 7.39. The van der Waals surface area contributed by atoms with Crippen LogP contribution in [-0.2, 0) is 12.8 Å². The van der Waals surface area contributed by atoms with Crippen LogP contribution in [0, 0.1) is 5.41 Å². The van der Waals surface area contributed by atoms with Gasteiger partial charge in [0.1, 0.15) is 0 Å². The fourth-order valence-electron chi connectivity index (χ4n) is 2.62. The van der Waals surface area contributed by atoms with Crippen LogP contribution in [0.15, 0.2) is 6.07 Å². The van der Waals surface area contributed by atoms with Gasteiger partial charge in [0.05, 0.1) is 0 Å². The van der Waals surface area contributed by atoms with Gasteiger partial charge in [0.2, 0.25) is 0 Å². The van der Waals surface area contributed by atoms with Crippen LogP contribution in [-0.4, -0.2) is 6.54 Å². The Labute approximate surface area is 109 Å². The van der Waals surface area contributed by atoms with E-state index in [9.17, 15) is 0 Å². The summed E-state index contributed by atoms with van der Waals surface area (Å²) in [6.07, 6.45) is 8.25. The van der Waals surface area contributed by atoms with Gasteiger partial charge in [-0.05, 0) is 62.5 Å². The summed E-state index contributed by atoms with van der Waals surface area (Å²) in [5.41, 5.74) is 2.26. The van der Waals surface area contributed by atoms with Crippen molar-refractivity contribution in [3.63, 3.8) is 0 Å². The largest absolute Gasteiger partial charge is 0.309 e. The van der Waals surface area contributed by atoms with Gasteiger partial charge in [0.15, 0.2) is 0 Å². The van der Waals surface area contributed by atoms with Crippen LogP contribution in [0.3, 0.4) is 0 Å². The van der Waals surface area contributed by atoms with E-state index in [0.29, 0.717) is 11.5 Å². The molecule has 0 aromatic carbocycles. The lowest BCUT2D eigenvalue weighted by molar-refractivity contribution is 0.460. The Morgan fingerprint density at radius 2 is 2.12 bits per heavy atom. The molecule has 1 N–H and O–H groups in total. The molecule has 3 rings (SSSR count). The van der Waals surface area contributed by atoms with E-state index >= 15 is 0 Å².